The number of nitrogens with zero attached hydrogens (tertiary/aromatic N) is 1. The van der Waals surface area contributed by atoms with Crippen molar-refractivity contribution in [2.24, 2.45) is 0 Å². The molecule has 2 rings (SSSR count). The van der Waals surface area contributed by atoms with E-state index in [0.717, 1.165) is 25.2 Å². The number of ether oxygens (including phenoxy) is 2. The minimum absolute atomic E-state index is 0.246. The molecule has 0 saturated heterocycles. The van der Waals surface area contributed by atoms with Gasteiger partial charge in [0.05, 0.1) is 22.7 Å². The number of likely N-dealkylation sites (N-methyl/N-ethyl adjacent to an activating group) is 1. The van der Waals surface area contributed by atoms with Crippen LogP contribution in [0.2, 0.25) is 10.0 Å². The highest BCUT2D eigenvalue weighted by Crippen LogP contribution is 2.28. The van der Waals surface area contributed by atoms with Gasteiger partial charge in [-0.25, -0.2) is 0 Å². The van der Waals surface area contributed by atoms with Gasteiger partial charge >= 0.3 is 0 Å². The molecule has 7 heteroatoms. The summed E-state index contributed by atoms with van der Waals surface area (Å²) in [4.78, 5) is 14.6. The summed E-state index contributed by atoms with van der Waals surface area (Å²) in [5, 5.41) is 3.44. The Hall–Kier alpha value is -1.95. The molecule has 2 aromatic carbocycles. The number of nitrogens with one attached hydrogen (secondary N) is 1. The van der Waals surface area contributed by atoms with E-state index in [9.17, 15) is 4.79 Å². The summed E-state index contributed by atoms with van der Waals surface area (Å²) in [6, 6.07) is 10.6. The van der Waals surface area contributed by atoms with Crippen LogP contribution in [0.3, 0.4) is 0 Å². The van der Waals surface area contributed by atoms with Gasteiger partial charge in [-0.2, -0.15) is 0 Å². The van der Waals surface area contributed by atoms with Crippen molar-refractivity contribution in [1.29, 1.82) is 0 Å². The maximum Gasteiger partial charge on any atom is 0.253 e. The van der Waals surface area contributed by atoms with Crippen LogP contribution in [-0.4, -0.2) is 44.2 Å². The molecule has 0 heterocycles. The van der Waals surface area contributed by atoms with E-state index in [1.54, 1.807) is 25.3 Å². The van der Waals surface area contributed by atoms with Gasteiger partial charge in [-0.15, -0.1) is 0 Å². The number of rotatable bonds is 10. The van der Waals surface area contributed by atoms with Gasteiger partial charge in [-0.3, -0.25) is 4.79 Å². The highest BCUT2D eigenvalue weighted by Gasteiger charge is 2.13. The molecule has 152 valence electrons. The summed E-state index contributed by atoms with van der Waals surface area (Å²) in [7, 11) is 1.60. The van der Waals surface area contributed by atoms with Crippen molar-refractivity contribution in [3.8, 4) is 11.5 Å². The van der Waals surface area contributed by atoms with Gasteiger partial charge in [-0.05, 0) is 42.9 Å². The number of benzene rings is 2. The minimum Gasteiger partial charge on any atom is -0.493 e. The predicted molar refractivity (Wildman–Crippen MR) is 114 cm³/mol. The normalized spacial score (nSPS) is 10.8. The largest absolute Gasteiger partial charge is 0.493 e. The maximum absolute atomic E-state index is 12.4. The number of amides is 1. The molecule has 0 aliphatic rings. The number of carbonyl (C=O) groups excluding carboxylic acids is 1. The van der Waals surface area contributed by atoms with Gasteiger partial charge in [-0.1, -0.05) is 49.2 Å². The minimum atomic E-state index is -0.286. The molecular weight excluding hydrogens is 399 g/mol. The van der Waals surface area contributed by atoms with Crippen molar-refractivity contribution in [1.82, 2.24) is 10.2 Å². The Kier molecular flexibility index (Phi) is 8.90. The van der Waals surface area contributed by atoms with Crippen molar-refractivity contribution >= 4 is 29.1 Å². The Morgan fingerprint density at radius 1 is 1.11 bits per heavy atom. The van der Waals surface area contributed by atoms with Crippen molar-refractivity contribution in [3.63, 3.8) is 0 Å². The van der Waals surface area contributed by atoms with Crippen LogP contribution in [0.5, 0.6) is 11.5 Å². The van der Waals surface area contributed by atoms with E-state index in [-0.39, 0.29) is 10.9 Å². The maximum atomic E-state index is 12.4. The van der Waals surface area contributed by atoms with Crippen molar-refractivity contribution in [2.75, 3.05) is 33.4 Å². The lowest BCUT2D eigenvalue weighted by Crippen LogP contribution is -2.28. The van der Waals surface area contributed by atoms with Gasteiger partial charge in [0.25, 0.3) is 5.91 Å². The lowest BCUT2D eigenvalue weighted by Gasteiger charge is -2.19. The number of methoxy groups -OCH3 is 1. The van der Waals surface area contributed by atoms with Crippen LogP contribution in [0.25, 0.3) is 0 Å². The Morgan fingerprint density at radius 3 is 2.54 bits per heavy atom. The third-order valence-corrected chi connectivity index (χ3v) is 5.26. The van der Waals surface area contributed by atoms with Gasteiger partial charge in [0, 0.05) is 13.1 Å². The molecule has 0 bridgehead atoms. The van der Waals surface area contributed by atoms with E-state index in [4.69, 9.17) is 32.7 Å². The first kappa shape index (κ1) is 22.3. The molecule has 0 unspecified atom stereocenters. The summed E-state index contributed by atoms with van der Waals surface area (Å²) in [5.41, 5.74) is 1.23. The van der Waals surface area contributed by atoms with Crippen molar-refractivity contribution in [2.45, 2.75) is 20.4 Å². The van der Waals surface area contributed by atoms with E-state index < -0.39 is 0 Å². The second kappa shape index (κ2) is 11.1. The Bertz CT molecular complexity index is 795. The summed E-state index contributed by atoms with van der Waals surface area (Å²) >= 11 is 12.1. The molecule has 0 saturated carbocycles. The fourth-order valence-corrected chi connectivity index (χ4v) is 3.11. The number of hydrogen-bond donors (Lipinski definition) is 1. The van der Waals surface area contributed by atoms with Crippen LogP contribution in [0.15, 0.2) is 36.4 Å². The zero-order valence-electron chi connectivity index (χ0n) is 16.4. The Balaban J connectivity index is 1.97. The van der Waals surface area contributed by atoms with Gasteiger partial charge in [0.15, 0.2) is 11.5 Å². The highest BCUT2D eigenvalue weighted by atomic mass is 35.5. The average molecular weight is 425 g/mol. The van der Waals surface area contributed by atoms with Gasteiger partial charge in [0.2, 0.25) is 0 Å². The van der Waals surface area contributed by atoms with Crippen molar-refractivity contribution in [3.05, 3.63) is 57.6 Å². The molecule has 5 nitrogen and oxygen atoms in total. The molecule has 1 amide bonds. The topological polar surface area (TPSA) is 50.8 Å². The zero-order chi connectivity index (χ0) is 20.5. The first-order chi connectivity index (χ1) is 13.5. The molecule has 2 aromatic rings. The molecule has 0 fully saturated rings. The second-order valence-corrected chi connectivity index (χ2v) is 6.93. The van der Waals surface area contributed by atoms with Crippen LogP contribution in [0.4, 0.5) is 0 Å². The summed E-state index contributed by atoms with van der Waals surface area (Å²) in [5.74, 6) is 1.03. The number of hydrogen-bond acceptors (Lipinski definition) is 4. The van der Waals surface area contributed by atoms with Crippen LogP contribution in [0, 0.1) is 0 Å². The molecule has 28 heavy (non-hydrogen) atoms. The second-order valence-electron chi connectivity index (χ2n) is 6.14. The molecule has 1 N–H and O–H groups in total. The highest BCUT2D eigenvalue weighted by molar-refractivity contribution is 6.43. The van der Waals surface area contributed by atoms with Crippen molar-refractivity contribution < 1.29 is 14.3 Å². The lowest BCUT2D eigenvalue weighted by molar-refractivity contribution is 0.0951. The van der Waals surface area contributed by atoms with E-state index >= 15 is 0 Å². The fourth-order valence-electron chi connectivity index (χ4n) is 2.72. The third-order valence-electron chi connectivity index (χ3n) is 4.44. The predicted octanol–water partition coefficient (Wildman–Crippen LogP) is 4.65. The first-order valence-electron chi connectivity index (χ1n) is 9.24. The molecule has 0 aromatic heterocycles. The Morgan fingerprint density at radius 2 is 1.86 bits per heavy atom. The standard InChI is InChI=1S/C21H26Cl2N2O3/c1-4-25(5-2)11-12-28-18-10-9-15(13-19(18)27-3)14-24-21(26)16-7-6-8-17(22)20(16)23/h6-10,13H,4-5,11-12,14H2,1-3H3,(H,24,26). The molecule has 0 radical (unpaired) electrons. The smallest absolute Gasteiger partial charge is 0.253 e. The van der Waals surface area contributed by atoms with E-state index in [2.05, 4.69) is 24.1 Å². The quantitative estimate of drug-likeness (QED) is 0.602. The van der Waals surface area contributed by atoms with Crippen LogP contribution < -0.4 is 14.8 Å². The van der Waals surface area contributed by atoms with E-state index in [0.29, 0.717) is 35.2 Å². The van der Waals surface area contributed by atoms with Gasteiger partial charge in [0.1, 0.15) is 6.61 Å². The van der Waals surface area contributed by atoms with E-state index in [1.165, 1.54) is 0 Å². The third kappa shape index (κ3) is 6.03. The zero-order valence-corrected chi connectivity index (χ0v) is 17.9. The number of carbonyl (C=O) groups is 1. The average Bonchev–Trinajstić information content (AvgIpc) is 2.71. The molecule has 0 spiro atoms. The SMILES string of the molecule is CCN(CC)CCOc1ccc(CNC(=O)c2cccc(Cl)c2Cl)cc1OC. The van der Waals surface area contributed by atoms with Crippen LogP contribution in [0.1, 0.15) is 29.8 Å². The van der Waals surface area contributed by atoms with Crippen LogP contribution in [-0.2, 0) is 6.54 Å². The van der Waals surface area contributed by atoms with Gasteiger partial charge < -0.3 is 19.7 Å². The van der Waals surface area contributed by atoms with Crippen LogP contribution >= 0.6 is 23.2 Å². The molecule has 0 atom stereocenters. The number of halogens is 2. The lowest BCUT2D eigenvalue weighted by atomic mass is 10.1. The van der Waals surface area contributed by atoms with E-state index in [1.807, 2.05) is 18.2 Å². The fraction of sp³-hybridized carbons (Fsp3) is 0.381. The first-order valence-corrected chi connectivity index (χ1v) is 10.00. The summed E-state index contributed by atoms with van der Waals surface area (Å²) in [6.07, 6.45) is 0. The molecule has 0 aliphatic heterocycles. The Labute approximate surface area is 176 Å². The summed E-state index contributed by atoms with van der Waals surface area (Å²) < 4.78 is 11.3. The molecular formula is C21H26Cl2N2O3. The summed E-state index contributed by atoms with van der Waals surface area (Å²) in [6.45, 7) is 8.01. The monoisotopic (exact) mass is 424 g/mol. The molecule has 0 aliphatic carbocycles.